The van der Waals surface area contributed by atoms with Crippen molar-refractivity contribution in [2.24, 2.45) is 5.92 Å². The molecular formula is C14H19N3OS2. The number of nitrogens with zero attached hydrogens (tertiary/aromatic N) is 1. The normalized spacial score (nSPS) is 14.1. The molecule has 0 fully saturated rings. The number of rotatable bonds is 7. The van der Waals surface area contributed by atoms with Gasteiger partial charge in [0.05, 0.1) is 5.75 Å². The lowest BCUT2D eigenvalue weighted by molar-refractivity contribution is 0.653. The fourth-order valence-corrected chi connectivity index (χ4v) is 3.98. The summed E-state index contributed by atoms with van der Waals surface area (Å²) < 4.78 is 0. The zero-order valence-corrected chi connectivity index (χ0v) is 13.3. The van der Waals surface area contributed by atoms with Crippen molar-refractivity contribution in [2.45, 2.75) is 29.7 Å². The first-order valence-electron chi connectivity index (χ1n) is 6.58. The Morgan fingerprint density at radius 2 is 2.00 bits per heavy atom. The van der Waals surface area contributed by atoms with E-state index in [1.54, 1.807) is 11.8 Å². The van der Waals surface area contributed by atoms with E-state index in [9.17, 15) is 4.79 Å². The minimum atomic E-state index is -0.235. The highest BCUT2D eigenvalue weighted by molar-refractivity contribution is 8.00. The van der Waals surface area contributed by atoms with Crippen LogP contribution in [0.1, 0.15) is 19.7 Å². The lowest BCUT2D eigenvalue weighted by atomic mass is 10.1. The van der Waals surface area contributed by atoms with Crippen molar-refractivity contribution >= 4 is 23.5 Å². The van der Waals surface area contributed by atoms with Gasteiger partial charge in [0.25, 0.3) is 0 Å². The monoisotopic (exact) mass is 309 g/mol. The van der Waals surface area contributed by atoms with Crippen LogP contribution in [0, 0.1) is 5.92 Å². The highest BCUT2D eigenvalue weighted by Gasteiger charge is 2.14. The van der Waals surface area contributed by atoms with Crippen molar-refractivity contribution in [3.8, 4) is 0 Å². The number of H-pyrrole nitrogens is 2. The third-order valence-electron chi connectivity index (χ3n) is 3.04. The van der Waals surface area contributed by atoms with Gasteiger partial charge in [-0.25, -0.2) is 9.89 Å². The summed E-state index contributed by atoms with van der Waals surface area (Å²) in [7, 11) is 0. The maximum absolute atomic E-state index is 10.9. The summed E-state index contributed by atoms with van der Waals surface area (Å²) in [6.45, 7) is 4.53. The molecule has 0 aliphatic rings. The molecule has 20 heavy (non-hydrogen) atoms. The molecule has 4 nitrogen and oxygen atoms in total. The van der Waals surface area contributed by atoms with Crippen LogP contribution in [-0.4, -0.2) is 26.2 Å². The maximum atomic E-state index is 10.9. The Bertz CT molecular complexity index is 567. The summed E-state index contributed by atoms with van der Waals surface area (Å²) >= 11 is 3.71. The SMILES string of the molecule is CC(CSCc1n[nH]c(=O)[nH]1)C(C)Sc1ccccc1. The predicted octanol–water partition coefficient (Wildman–Crippen LogP) is 3.15. The molecule has 0 saturated carbocycles. The Hall–Kier alpha value is -1.14. The van der Waals surface area contributed by atoms with Gasteiger partial charge >= 0.3 is 5.69 Å². The van der Waals surface area contributed by atoms with Crippen molar-refractivity contribution in [3.63, 3.8) is 0 Å². The van der Waals surface area contributed by atoms with Crippen LogP contribution in [0.4, 0.5) is 0 Å². The second kappa shape index (κ2) is 7.59. The number of aromatic amines is 2. The molecule has 0 aliphatic heterocycles. The molecule has 2 rings (SSSR count). The van der Waals surface area contributed by atoms with Crippen molar-refractivity contribution in [2.75, 3.05) is 5.75 Å². The van der Waals surface area contributed by atoms with Gasteiger partial charge in [-0.05, 0) is 23.8 Å². The summed E-state index contributed by atoms with van der Waals surface area (Å²) in [5, 5.41) is 6.85. The molecule has 0 amide bonds. The van der Waals surface area contributed by atoms with E-state index >= 15 is 0 Å². The van der Waals surface area contributed by atoms with Gasteiger partial charge in [-0.1, -0.05) is 32.0 Å². The van der Waals surface area contributed by atoms with Gasteiger partial charge in [-0.2, -0.15) is 16.9 Å². The number of nitrogens with one attached hydrogen (secondary N) is 2. The predicted molar refractivity (Wildman–Crippen MR) is 86.3 cm³/mol. The van der Waals surface area contributed by atoms with Gasteiger partial charge in [0.2, 0.25) is 0 Å². The molecule has 2 atom stereocenters. The molecule has 0 saturated heterocycles. The molecule has 0 spiro atoms. The topological polar surface area (TPSA) is 61.5 Å². The molecule has 6 heteroatoms. The molecular weight excluding hydrogens is 290 g/mol. The Labute approximate surface area is 127 Å². The standard InChI is InChI=1S/C14H19N3OS2/c1-10(8-19-9-13-15-14(18)17-16-13)11(2)20-12-6-4-3-5-7-12/h3-7,10-11H,8-9H2,1-2H3,(H2,15,16,17,18). The first-order valence-corrected chi connectivity index (χ1v) is 8.61. The van der Waals surface area contributed by atoms with E-state index in [4.69, 9.17) is 0 Å². The van der Waals surface area contributed by atoms with Crippen molar-refractivity contribution < 1.29 is 0 Å². The fraction of sp³-hybridized carbons (Fsp3) is 0.429. The minimum absolute atomic E-state index is 0.235. The molecule has 108 valence electrons. The molecule has 2 unspecified atom stereocenters. The Kier molecular flexibility index (Phi) is 5.79. The van der Waals surface area contributed by atoms with Crippen LogP contribution < -0.4 is 5.69 Å². The van der Waals surface area contributed by atoms with Crippen LogP contribution in [0.3, 0.4) is 0 Å². The molecule has 0 radical (unpaired) electrons. The third-order valence-corrected chi connectivity index (χ3v) is 5.66. The number of aromatic nitrogens is 3. The summed E-state index contributed by atoms with van der Waals surface area (Å²) in [5.41, 5.74) is -0.235. The van der Waals surface area contributed by atoms with E-state index in [1.165, 1.54) is 4.90 Å². The Morgan fingerprint density at radius 3 is 2.65 bits per heavy atom. The van der Waals surface area contributed by atoms with E-state index in [2.05, 4.69) is 53.3 Å². The summed E-state index contributed by atoms with van der Waals surface area (Å²) in [6.07, 6.45) is 0. The molecule has 2 N–H and O–H groups in total. The average molecular weight is 309 g/mol. The number of hydrogen-bond acceptors (Lipinski definition) is 4. The van der Waals surface area contributed by atoms with Gasteiger partial charge in [-0.3, -0.25) is 4.98 Å². The van der Waals surface area contributed by atoms with E-state index in [-0.39, 0.29) is 5.69 Å². The van der Waals surface area contributed by atoms with E-state index in [0.29, 0.717) is 11.2 Å². The number of benzene rings is 1. The smallest absolute Gasteiger partial charge is 0.292 e. The second-order valence-corrected chi connectivity index (χ2v) is 7.23. The highest BCUT2D eigenvalue weighted by Crippen LogP contribution is 2.29. The van der Waals surface area contributed by atoms with Crippen LogP contribution in [0.15, 0.2) is 40.0 Å². The zero-order chi connectivity index (χ0) is 14.4. The van der Waals surface area contributed by atoms with Crippen LogP contribution in [-0.2, 0) is 5.75 Å². The van der Waals surface area contributed by atoms with E-state index in [1.807, 2.05) is 17.8 Å². The van der Waals surface area contributed by atoms with Crippen molar-refractivity contribution in [1.29, 1.82) is 0 Å². The van der Waals surface area contributed by atoms with Gasteiger partial charge in [0.1, 0.15) is 5.82 Å². The van der Waals surface area contributed by atoms with Crippen LogP contribution in [0.2, 0.25) is 0 Å². The number of thioether (sulfide) groups is 2. The average Bonchev–Trinajstić information content (AvgIpc) is 2.85. The summed E-state index contributed by atoms with van der Waals surface area (Å²) in [4.78, 5) is 14.9. The number of hydrogen-bond donors (Lipinski definition) is 2. The molecule has 0 bridgehead atoms. The Balaban J connectivity index is 1.73. The zero-order valence-electron chi connectivity index (χ0n) is 11.6. The molecule has 1 heterocycles. The van der Waals surface area contributed by atoms with Crippen LogP contribution >= 0.6 is 23.5 Å². The lowest BCUT2D eigenvalue weighted by Crippen LogP contribution is -2.12. The van der Waals surface area contributed by atoms with E-state index < -0.39 is 0 Å². The second-order valence-electron chi connectivity index (χ2n) is 4.75. The van der Waals surface area contributed by atoms with Gasteiger partial charge in [-0.15, -0.1) is 11.8 Å². The first kappa shape index (κ1) is 15.3. The van der Waals surface area contributed by atoms with Crippen LogP contribution in [0.25, 0.3) is 0 Å². The highest BCUT2D eigenvalue weighted by atomic mass is 32.2. The molecule has 0 aliphatic carbocycles. The maximum Gasteiger partial charge on any atom is 0.340 e. The van der Waals surface area contributed by atoms with Gasteiger partial charge in [0, 0.05) is 10.1 Å². The largest absolute Gasteiger partial charge is 0.340 e. The summed E-state index contributed by atoms with van der Waals surface area (Å²) in [5.74, 6) is 3.10. The molecule has 2 aromatic rings. The molecule has 1 aromatic heterocycles. The summed E-state index contributed by atoms with van der Waals surface area (Å²) in [6, 6.07) is 10.5. The fourth-order valence-electron chi connectivity index (χ4n) is 1.68. The Morgan fingerprint density at radius 1 is 1.25 bits per heavy atom. The van der Waals surface area contributed by atoms with Crippen molar-refractivity contribution in [3.05, 3.63) is 46.6 Å². The quantitative estimate of drug-likeness (QED) is 0.771. The van der Waals surface area contributed by atoms with Gasteiger partial charge in [0.15, 0.2) is 0 Å². The van der Waals surface area contributed by atoms with Gasteiger partial charge < -0.3 is 0 Å². The molecule has 1 aromatic carbocycles. The van der Waals surface area contributed by atoms with E-state index in [0.717, 1.165) is 17.3 Å². The minimum Gasteiger partial charge on any atom is -0.292 e. The lowest BCUT2D eigenvalue weighted by Gasteiger charge is -2.18. The van der Waals surface area contributed by atoms with Crippen molar-refractivity contribution in [1.82, 2.24) is 15.2 Å². The first-order chi connectivity index (χ1) is 9.65. The van der Waals surface area contributed by atoms with Crippen LogP contribution in [0.5, 0.6) is 0 Å². The third kappa shape index (κ3) is 4.76.